The number of nitrogens with zero attached hydrogens (tertiary/aromatic N) is 2. The van der Waals surface area contributed by atoms with Crippen LogP contribution in [0.5, 0.6) is 11.6 Å². The van der Waals surface area contributed by atoms with Gasteiger partial charge in [0, 0.05) is 6.54 Å². The van der Waals surface area contributed by atoms with Crippen LogP contribution in [0.3, 0.4) is 0 Å². The lowest BCUT2D eigenvalue weighted by Gasteiger charge is -2.15. The zero-order valence-electron chi connectivity index (χ0n) is 15.0. The summed E-state index contributed by atoms with van der Waals surface area (Å²) in [4.78, 5) is 24.9. The molecule has 0 saturated heterocycles. The Bertz CT molecular complexity index is 961. The number of ketones is 1. The highest BCUT2D eigenvalue weighted by Crippen LogP contribution is 2.25. The zero-order valence-corrected chi connectivity index (χ0v) is 15.0. The molecule has 0 aliphatic carbocycles. The highest BCUT2D eigenvalue weighted by Gasteiger charge is 2.24. The van der Waals surface area contributed by atoms with E-state index in [0.29, 0.717) is 5.75 Å². The fraction of sp³-hybridized carbons (Fsp3) is 0.250. The molecule has 0 radical (unpaired) electrons. The van der Waals surface area contributed by atoms with Crippen LogP contribution in [0, 0.1) is 32.1 Å². The van der Waals surface area contributed by atoms with Crippen molar-refractivity contribution in [2.24, 2.45) is 0 Å². The number of aromatic hydroxyl groups is 1. The number of benzene rings is 1. The monoisotopic (exact) mass is 352 g/mol. The van der Waals surface area contributed by atoms with Crippen LogP contribution in [0.15, 0.2) is 35.6 Å². The van der Waals surface area contributed by atoms with E-state index in [4.69, 9.17) is 4.74 Å². The van der Waals surface area contributed by atoms with E-state index in [0.717, 1.165) is 15.7 Å². The van der Waals surface area contributed by atoms with Gasteiger partial charge in [-0.2, -0.15) is 5.26 Å². The normalized spacial score (nSPS) is 10.2. The number of carbonyl (C=O) groups excluding carboxylic acids is 1. The van der Waals surface area contributed by atoms with Crippen LogP contribution >= 0.6 is 0 Å². The maximum atomic E-state index is 12.7. The molecule has 0 amide bonds. The number of ether oxygens (including phenoxy) is 1. The summed E-state index contributed by atoms with van der Waals surface area (Å²) < 4.78 is 6.60. The van der Waals surface area contributed by atoms with Crippen molar-refractivity contribution in [2.75, 3.05) is 6.61 Å². The van der Waals surface area contributed by atoms with Gasteiger partial charge in [-0.25, -0.2) is 0 Å². The van der Waals surface area contributed by atoms with Gasteiger partial charge >= 0.3 is 0 Å². The Labute approximate surface area is 151 Å². The van der Waals surface area contributed by atoms with Gasteiger partial charge in [-0.05, 0) is 37.5 Å². The van der Waals surface area contributed by atoms with E-state index >= 15 is 0 Å². The molecule has 1 N–H and O–H groups in total. The lowest BCUT2D eigenvalue weighted by molar-refractivity contribution is 0.0915. The van der Waals surface area contributed by atoms with Gasteiger partial charge < -0.3 is 9.84 Å². The maximum absolute atomic E-state index is 12.7. The minimum atomic E-state index is -0.658. The molecule has 134 valence electrons. The lowest BCUT2D eigenvalue weighted by Crippen LogP contribution is -2.27. The number of Topliss-reactive ketones (excluding diaryl/α,β-unsaturated/α-hetero) is 1. The van der Waals surface area contributed by atoms with E-state index in [1.54, 1.807) is 6.07 Å². The molecule has 2 aromatic rings. The number of aromatic nitrogens is 1. The zero-order chi connectivity index (χ0) is 19.4. The van der Waals surface area contributed by atoms with Crippen LogP contribution in [0.1, 0.15) is 32.6 Å². The van der Waals surface area contributed by atoms with Crippen molar-refractivity contribution < 1.29 is 14.6 Å². The predicted molar refractivity (Wildman–Crippen MR) is 97.8 cm³/mol. The minimum Gasteiger partial charge on any atom is -0.494 e. The van der Waals surface area contributed by atoms with Crippen molar-refractivity contribution in [2.45, 2.75) is 27.3 Å². The minimum absolute atomic E-state index is 0.0162. The number of aryl methyl sites for hydroxylation is 2. The SMILES string of the molecule is C=CCn1c(O)c(C(=O)COc2c(C)cccc2C)c(C)c(C#N)c1=O. The van der Waals surface area contributed by atoms with Crippen molar-refractivity contribution in [3.05, 3.63) is 69.0 Å². The molecule has 0 bridgehead atoms. The molecule has 0 fully saturated rings. The molecule has 1 aromatic heterocycles. The van der Waals surface area contributed by atoms with Crippen LogP contribution in [0.4, 0.5) is 0 Å². The summed E-state index contributed by atoms with van der Waals surface area (Å²) >= 11 is 0. The Morgan fingerprint density at radius 1 is 1.35 bits per heavy atom. The van der Waals surface area contributed by atoms with Crippen LogP contribution in [0.2, 0.25) is 0 Å². The maximum Gasteiger partial charge on any atom is 0.271 e. The predicted octanol–water partition coefficient (Wildman–Crippen LogP) is 2.80. The number of nitriles is 1. The second-order valence-electron chi connectivity index (χ2n) is 5.95. The van der Waals surface area contributed by atoms with Gasteiger partial charge in [-0.1, -0.05) is 24.3 Å². The summed E-state index contributed by atoms with van der Waals surface area (Å²) in [7, 11) is 0. The Morgan fingerprint density at radius 2 is 1.96 bits per heavy atom. The second kappa shape index (κ2) is 7.70. The molecule has 0 aliphatic rings. The van der Waals surface area contributed by atoms with Gasteiger partial charge in [-0.15, -0.1) is 6.58 Å². The topological polar surface area (TPSA) is 92.3 Å². The number of hydrogen-bond donors (Lipinski definition) is 1. The summed E-state index contributed by atoms with van der Waals surface area (Å²) in [5.74, 6) is -0.406. The quantitative estimate of drug-likeness (QED) is 0.637. The second-order valence-corrected chi connectivity index (χ2v) is 5.95. The highest BCUT2D eigenvalue weighted by atomic mass is 16.5. The van der Waals surface area contributed by atoms with Crippen LogP contribution in [-0.4, -0.2) is 22.1 Å². The van der Waals surface area contributed by atoms with Gasteiger partial charge in [0.15, 0.2) is 6.61 Å². The van der Waals surface area contributed by atoms with Crippen molar-refractivity contribution in [3.63, 3.8) is 0 Å². The Balaban J connectivity index is 2.46. The molecule has 0 saturated carbocycles. The molecule has 1 heterocycles. The van der Waals surface area contributed by atoms with Gasteiger partial charge in [0.25, 0.3) is 5.56 Å². The number of allylic oxidation sites excluding steroid dienone is 1. The van der Waals surface area contributed by atoms with Crippen molar-refractivity contribution >= 4 is 5.78 Å². The Kier molecular flexibility index (Phi) is 5.63. The molecule has 1 aromatic carbocycles. The van der Waals surface area contributed by atoms with Crippen LogP contribution in [0.25, 0.3) is 0 Å². The number of carbonyl (C=O) groups is 1. The number of rotatable bonds is 6. The van der Waals surface area contributed by atoms with Crippen molar-refractivity contribution in [1.82, 2.24) is 4.57 Å². The third-order valence-corrected chi connectivity index (χ3v) is 4.15. The van der Waals surface area contributed by atoms with E-state index in [1.165, 1.54) is 13.0 Å². The van der Waals surface area contributed by atoms with E-state index in [2.05, 4.69) is 6.58 Å². The fourth-order valence-corrected chi connectivity index (χ4v) is 2.82. The summed E-state index contributed by atoms with van der Waals surface area (Å²) in [5, 5.41) is 19.7. The molecule has 6 heteroatoms. The van der Waals surface area contributed by atoms with Crippen LogP contribution < -0.4 is 10.3 Å². The molecular weight excluding hydrogens is 332 g/mol. The Hall–Kier alpha value is -3.33. The van der Waals surface area contributed by atoms with Gasteiger partial charge in [-0.3, -0.25) is 14.2 Å². The molecule has 0 aliphatic heterocycles. The number of pyridine rings is 1. The summed E-state index contributed by atoms with van der Waals surface area (Å²) in [6.45, 7) is 8.38. The first-order valence-electron chi connectivity index (χ1n) is 8.03. The first-order chi connectivity index (χ1) is 12.3. The molecule has 2 rings (SSSR count). The summed E-state index contributed by atoms with van der Waals surface area (Å²) in [5.41, 5.74) is 0.982. The fourth-order valence-electron chi connectivity index (χ4n) is 2.82. The van der Waals surface area contributed by atoms with Gasteiger partial charge in [0.1, 0.15) is 17.4 Å². The summed E-state index contributed by atoms with van der Waals surface area (Å²) in [6, 6.07) is 7.43. The van der Waals surface area contributed by atoms with Gasteiger partial charge in [0.2, 0.25) is 11.7 Å². The van der Waals surface area contributed by atoms with Crippen molar-refractivity contribution in [1.29, 1.82) is 5.26 Å². The first-order valence-corrected chi connectivity index (χ1v) is 8.03. The molecule has 0 atom stereocenters. The third kappa shape index (κ3) is 3.38. The van der Waals surface area contributed by atoms with E-state index in [-0.39, 0.29) is 29.8 Å². The molecule has 6 nitrogen and oxygen atoms in total. The van der Waals surface area contributed by atoms with Crippen molar-refractivity contribution in [3.8, 4) is 17.7 Å². The molecular formula is C20H20N2O4. The van der Waals surface area contributed by atoms with E-state index in [1.807, 2.05) is 32.0 Å². The average Bonchev–Trinajstić information content (AvgIpc) is 2.58. The highest BCUT2D eigenvalue weighted by molar-refractivity contribution is 6.01. The first kappa shape index (κ1) is 19.0. The molecule has 0 spiro atoms. The van der Waals surface area contributed by atoms with E-state index in [9.17, 15) is 20.0 Å². The standard InChI is InChI=1S/C20H20N2O4/c1-5-9-22-19(24)15(10-21)14(4)17(20(22)25)16(23)11-26-18-12(2)7-6-8-13(18)3/h5-8,25H,1,9,11H2,2-4H3. The average molecular weight is 352 g/mol. The Morgan fingerprint density at radius 3 is 2.50 bits per heavy atom. The molecule has 0 unspecified atom stereocenters. The lowest BCUT2D eigenvalue weighted by atomic mass is 10.0. The molecule has 26 heavy (non-hydrogen) atoms. The van der Waals surface area contributed by atoms with Gasteiger partial charge in [0.05, 0.1) is 5.56 Å². The largest absolute Gasteiger partial charge is 0.494 e. The number of para-hydroxylation sites is 1. The van der Waals surface area contributed by atoms with Crippen LogP contribution in [-0.2, 0) is 6.54 Å². The third-order valence-electron chi connectivity index (χ3n) is 4.15. The summed E-state index contributed by atoms with van der Waals surface area (Å²) in [6.07, 6.45) is 1.40. The van der Waals surface area contributed by atoms with E-state index < -0.39 is 17.2 Å². The smallest absolute Gasteiger partial charge is 0.271 e. The number of hydrogen-bond acceptors (Lipinski definition) is 5.